The number of hydrogen-bond donors (Lipinski definition) is 2. The Kier molecular flexibility index (Phi) is 9.31. The Morgan fingerprint density at radius 1 is 0.373 bits per heavy atom. The summed E-state index contributed by atoms with van der Waals surface area (Å²) in [5.41, 5.74) is 12.9. The fourth-order valence-corrected chi connectivity index (χ4v) is 6.34. The molecular weight excluding hydrogens is 718 g/mol. The first-order valence-electron chi connectivity index (χ1n) is 16.5. The van der Waals surface area contributed by atoms with Gasteiger partial charge in [-0.15, -0.1) is 0 Å². The Morgan fingerprint density at radius 2 is 0.667 bits per heavy atom. The number of aromatic amines is 2. The number of para-hydroxylation sites is 4. The maximum absolute atomic E-state index is 4.53. The molecule has 0 saturated carbocycles. The van der Waals surface area contributed by atoms with Crippen LogP contribution in [0.5, 0.6) is 0 Å². The van der Waals surface area contributed by atoms with Crippen molar-refractivity contribution in [3.8, 4) is 11.6 Å². The van der Waals surface area contributed by atoms with E-state index in [0.717, 1.165) is 55.8 Å². The molecule has 0 saturated heterocycles. The molecule has 9 heteroatoms. The number of fused-ring (bicyclic) bond motifs is 8. The van der Waals surface area contributed by atoms with Crippen LogP contribution in [0.15, 0.2) is 122 Å². The monoisotopic (exact) mass is 752 g/mol. The van der Waals surface area contributed by atoms with Crippen molar-refractivity contribution in [2.24, 2.45) is 0 Å². The number of rotatable bonds is 1. The van der Waals surface area contributed by atoms with E-state index in [4.69, 9.17) is 0 Å². The van der Waals surface area contributed by atoms with Gasteiger partial charge in [0, 0.05) is 65.8 Å². The van der Waals surface area contributed by atoms with Crippen molar-refractivity contribution in [2.75, 3.05) is 0 Å². The van der Waals surface area contributed by atoms with E-state index in [0.29, 0.717) is 0 Å². The largest absolute Gasteiger partial charge is 0.335 e. The van der Waals surface area contributed by atoms with Gasteiger partial charge in [0.05, 0.1) is 44.1 Å². The standard InChI is InChI=1S/C14H10N4.2C14H12N2.Ru/c1-2-6-10-9(5-1)15-13(16-10)14-17-11-7-3-4-8-12(11)18-14;2*1-9-5-7-15-13-11(9)3-4-12-10(2)6-8-16-14(12)13;/h1-8H,(H,15,16)(H,17,18);2*3-8H,1-2H3;. The third kappa shape index (κ3) is 6.44. The van der Waals surface area contributed by atoms with Gasteiger partial charge in [-0.2, -0.15) is 0 Å². The summed E-state index contributed by atoms with van der Waals surface area (Å²) in [5, 5.41) is 4.75. The summed E-state index contributed by atoms with van der Waals surface area (Å²) in [7, 11) is 0. The van der Waals surface area contributed by atoms with Crippen LogP contribution in [0.25, 0.3) is 77.3 Å². The Hall–Kier alpha value is -5.92. The van der Waals surface area contributed by atoms with E-state index in [1.807, 2.05) is 97.6 Å². The van der Waals surface area contributed by atoms with Crippen molar-refractivity contribution in [2.45, 2.75) is 27.7 Å². The Labute approximate surface area is 307 Å². The zero-order chi connectivity index (χ0) is 34.2. The van der Waals surface area contributed by atoms with Crippen molar-refractivity contribution in [1.29, 1.82) is 0 Å². The first-order chi connectivity index (χ1) is 24.4. The van der Waals surface area contributed by atoms with Crippen molar-refractivity contribution in [3.63, 3.8) is 0 Å². The number of imidazole rings is 2. The molecule has 0 atom stereocenters. The molecule has 10 rings (SSSR count). The second-order valence-corrected chi connectivity index (χ2v) is 12.4. The van der Waals surface area contributed by atoms with Gasteiger partial charge >= 0.3 is 0 Å². The van der Waals surface area contributed by atoms with Crippen molar-refractivity contribution < 1.29 is 19.5 Å². The molecule has 0 amide bonds. The minimum Gasteiger partial charge on any atom is -0.335 e. The van der Waals surface area contributed by atoms with Gasteiger partial charge in [-0.25, -0.2) is 9.97 Å². The molecule has 0 radical (unpaired) electrons. The predicted octanol–water partition coefficient (Wildman–Crippen LogP) is 9.90. The number of hydrogen-bond acceptors (Lipinski definition) is 6. The van der Waals surface area contributed by atoms with Gasteiger partial charge in [0.1, 0.15) is 0 Å². The van der Waals surface area contributed by atoms with Crippen LogP contribution in [0.2, 0.25) is 0 Å². The number of H-pyrrole nitrogens is 2. The minimum absolute atomic E-state index is 0. The smallest absolute Gasteiger partial charge is 0.174 e. The SMILES string of the molecule is Cc1ccnc2c1ccc1c(C)ccnc12.Cc1ccnc2c1ccc1c(C)ccnc12.[Ru].c1ccc2[nH]c(-c3nc4ccccc4[nH]3)nc2c1. The van der Waals surface area contributed by atoms with Crippen LogP contribution >= 0.6 is 0 Å². The van der Waals surface area contributed by atoms with Crippen LogP contribution in [0.4, 0.5) is 0 Å². The van der Waals surface area contributed by atoms with E-state index in [9.17, 15) is 0 Å². The average Bonchev–Trinajstić information content (AvgIpc) is 3.78. The molecule has 0 bridgehead atoms. The number of pyridine rings is 4. The molecule has 0 aliphatic carbocycles. The summed E-state index contributed by atoms with van der Waals surface area (Å²) >= 11 is 0. The van der Waals surface area contributed by atoms with Crippen molar-refractivity contribution in [1.82, 2.24) is 39.9 Å². The Morgan fingerprint density at radius 3 is 0.961 bits per heavy atom. The topological polar surface area (TPSA) is 109 Å². The molecule has 6 heterocycles. The molecule has 0 aliphatic rings. The Balaban J connectivity index is 0.000000119. The van der Waals surface area contributed by atoms with Crippen LogP contribution in [0.1, 0.15) is 22.3 Å². The van der Waals surface area contributed by atoms with Crippen LogP contribution in [-0.2, 0) is 19.5 Å². The second-order valence-electron chi connectivity index (χ2n) is 12.4. The molecule has 0 aliphatic heterocycles. The van der Waals surface area contributed by atoms with Gasteiger partial charge in [0.2, 0.25) is 0 Å². The van der Waals surface area contributed by atoms with Gasteiger partial charge in [-0.3, -0.25) is 19.9 Å². The van der Waals surface area contributed by atoms with E-state index < -0.39 is 0 Å². The summed E-state index contributed by atoms with van der Waals surface area (Å²) in [4.78, 5) is 33.4. The van der Waals surface area contributed by atoms with Crippen LogP contribution in [-0.4, -0.2) is 39.9 Å². The van der Waals surface area contributed by atoms with Crippen LogP contribution < -0.4 is 0 Å². The molecule has 250 valence electrons. The molecule has 4 aromatic carbocycles. The third-order valence-corrected chi connectivity index (χ3v) is 9.12. The number of benzene rings is 4. The quantitative estimate of drug-likeness (QED) is 0.128. The number of aryl methyl sites for hydroxylation is 4. The van der Waals surface area contributed by atoms with Gasteiger partial charge in [-0.1, -0.05) is 48.5 Å². The number of nitrogens with one attached hydrogen (secondary N) is 2. The van der Waals surface area contributed by atoms with Gasteiger partial charge in [0.25, 0.3) is 0 Å². The molecule has 10 aromatic rings. The molecule has 0 spiro atoms. The summed E-state index contributed by atoms with van der Waals surface area (Å²) in [6.45, 7) is 8.41. The van der Waals surface area contributed by atoms with Gasteiger partial charge in [0.15, 0.2) is 11.6 Å². The average molecular weight is 752 g/mol. The van der Waals surface area contributed by atoms with E-state index in [1.54, 1.807) is 0 Å². The molecule has 0 fully saturated rings. The maximum Gasteiger partial charge on any atom is 0.174 e. The molecule has 2 N–H and O–H groups in total. The predicted molar refractivity (Wildman–Crippen MR) is 204 cm³/mol. The molecule has 8 nitrogen and oxygen atoms in total. The summed E-state index contributed by atoms with van der Waals surface area (Å²) < 4.78 is 0. The first-order valence-corrected chi connectivity index (χ1v) is 16.5. The van der Waals surface area contributed by atoms with Crippen molar-refractivity contribution in [3.05, 3.63) is 144 Å². The van der Waals surface area contributed by atoms with Crippen LogP contribution in [0, 0.1) is 27.7 Å². The van der Waals surface area contributed by atoms with E-state index >= 15 is 0 Å². The van der Waals surface area contributed by atoms with Gasteiger partial charge < -0.3 is 9.97 Å². The first kappa shape index (κ1) is 33.6. The van der Waals surface area contributed by atoms with E-state index in [-0.39, 0.29) is 19.5 Å². The normalized spacial score (nSPS) is 11.0. The second kappa shape index (κ2) is 14.1. The zero-order valence-electron chi connectivity index (χ0n) is 28.6. The zero-order valence-corrected chi connectivity index (χ0v) is 30.3. The summed E-state index contributed by atoms with van der Waals surface area (Å²) in [6.07, 6.45) is 7.39. The molecule has 51 heavy (non-hydrogen) atoms. The molecule has 0 unspecified atom stereocenters. The Bertz CT molecular complexity index is 2460. The van der Waals surface area contributed by atoms with Crippen LogP contribution in [0.3, 0.4) is 0 Å². The maximum atomic E-state index is 4.53. The molecule has 6 aromatic heterocycles. The number of nitrogens with zero attached hydrogens (tertiary/aromatic N) is 6. The minimum atomic E-state index is 0. The molecular formula is C42H34N8Ru. The third-order valence-electron chi connectivity index (χ3n) is 9.12. The fourth-order valence-electron chi connectivity index (χ4n) is 6.34. The van der Waals surface area contributed by atoms with E-state index in [2.05, 4.69) is 91.8 Å². The van der Waals surface area contributed by atoms with Crippen molar-refractivity contribution >= 4 is 65.7 Å². The fraction of sp³-hybridized carbons (Fsp3) is 0.0952. The van der Waals surface area contributed by atoms with Gasteiger partial charge in [-0.05, 0) is 98.5 Å². The summed E-state index contributed by atoms with van der Waals surface area (Å²) in [5.74, 6) is 1.54. The number of aromatic nitrogens is 8. The van der Waals surface area contributed by atoms with E-state index in [1.165, 1.54) is 43.8 Å². The summed E-state index contributed by atoms with van der Waals surface area (Å²) in [6, 6.07) is 32.6.